The van der Waals surface area contributed by atoms with E-state index in [0.717, 1.165) is 0 Å². The summed E-state index contributed by atoms with van der Waals surface area (Å²) in [6.45, 7) is 0.388. The van der Waals surface area contributed by atoms with Gasteiger partial charge < -0.3 is 24.6 Å². The van der Waals surface area contributed by atoms with Crippen LogP contribution in [-0.2, 0) is 4.79 Å². The number of nitrogens with one attached hydrogen (secondary N) is 1. The van der Waals surface area contributed by atoms with Crippen LogP contribution in [0.5, 0.6) is 17.2 Å². The maximum atomic E-state index is 12.5. The number of carbonyl (C=O) groups excluding carboxylic acids is 1. The number of alkyl halides is 2. The number of halogens is 2. The highest BCUT2D eigenvalue weighted by Gasteiger charge is 2.27. The van der Waals surface area contributed by atoms with Crippen LogP contribution in [0, 0.1) is 5.92 Å². The minimum absolute atomic E-state index is 0.00938. The fraction of sp³-hybridized carbons (Fsp3) is 0.500. The van der Waals surface area contributed by atoms with Crippen LogP contribution >= 0.6 is 0 Å². The van der Waals surface area contributed by atoms with E-state index in [4.69, 9.17) is 9.47 Å². The van der Waals surface area contributed by atoms with E-state index in [1.54, 1.807) is 13.8 Å². The molecule has 0 saturated carbocycles. The highest BCUT2D eigenvalue weighted by Crippen LogP contribution is 2.39. The molecule has 7 nitrogen and oxygen atoms in total. The zero-order chi connectivity index (χ0) is 19.1. The monoisotopic (exact) mass is 361 g/mol. The van der Waals surface area contributed by atoms with Crippen molar-refractivity contribution in [2.24, 2.45) is 5.92 Å². The molecule has 0 spiro atoms. The Morgan fingerprint density at radius 1 is 1.20 bits per heavy atom. The Balaban J connectivity index is 3.19. The van der Waals surface area contributed by atoms with Gasteiger partial charge in [-0.3, -0.25) is 4.79 Å². The lowest BCUT2D eigenvalue weighted by Gasteiger charge is -2.21. The molecule has 1 aromatic carbocycles. The average molecular weight is 361 g/mol. The van der Waals surface area contributed by atoms with Crippen molar-refractivity contribution in [3.63, 3.8) is 0 Å². The summed E-state index contributed by atoms with van der Waals surface area (Å²) < 4.78 is 39.3. The van der Waals surface area contributed by atoms with Crippen LogP contribution in [0.1, 0.15) is 30.6 Å². The third-order valence-corrected chi connectivity index (χ3v) is 3.70. The molecule has 1 rings (SSSR count). The molecule has 0 heterocycles. The van der Waals surface area contributed by atoms with Gasteiger partial charge in [0, 0.05) is 5.56 Å². The first-order valence-electron chi connectivity index (χ1n) is 7.49. The van der Waals surface area contributed by atoms with Crippen LogP contribution in [-0.4, -0.2) is 43.9 Å². The van der Waals surface area contributed by atoms with Gasteiger partial charge in [-0.2, -0.15) is 8.78 Å². The van der Waals surface area contributed by atoms with Gasteiger partial charge in [0.05, 0.1) is 14.2 Å². The molecule has 0 bridgehead atoms. The van der Waals surface area contributed by atoms with Crippen LogP contribution in [0.2, 0.25) is 0 Å². The summed E-state index contributed by atoms with van der Waals surface area (Å²) in [6, 6.07) is 1.25. The highest BCUT2D eigenvalue weighted by atomic mass is 19.3. The Bertz CT molecular complexity index is 598. The van der Waals surface area contributed by atoms with Crippen molar-refractivity contribution in [1.29, 1.82) is 0 Å². The van der Waals surface area contributed by atoms with Crippen LogP contribution in [0.3, 0.4) is 0 Å². The average Bonchev–Trinajstić information content (AvgIpc) is 2.57. The number of carbonyl (C=O) groups is 2. The fourth-order valence-electron chi connectivity index (χ4n) is 2.12. The number of benzene rings is 1. The predicted molar refractivity (Wildman–Crippen MR) is 84.5 cm³/mol. The Kier molecular flexibility index (Phi) is 7.41. The summed E-state index contributed by atoms with van der Waals surface area (Å²) >= 11 is 0. The van der Waals surface area contributed by atoms with Crippen molar-refractivity contribution in [3.8, 4) is 17.2 Å². The highest BCUT2D eigenvalue weighted by molar-refractivity contribution is 5.97. The van der Waals surface area contributed by atoms with E-state index in [1.165, 1.54) is 26.4 Å². The SMILES string of the molecule is CC[C@H](C)[C@H](NC(=O)c1cc(OC)c(OC(F)F)c(OC)c1)C(=O)O. The first-order chi connectivity index (χ1) is 11.7. The van der Waals surface area contributed by atoms with Crippen molar-refractivity contribution in [2.75, 3.05) is 14.2 Å². The Hall–Kier alpha value is -2.58. The fourth-order valence-corrected chi connectivity index (χ4v) is 2.12. The van der Waals surface area contributed by atoms with Gasteiger partial charge >= 0.3 is 12.6 Å². The first-order valence-corrected chi connectivity index (χ1v) is 7.49. The van der Waals surface area contributed by atoms with E-state index in [0.29, 0.717) is 6.42 Å². The summed E-state index contributed by atoms with van der Waals surface area (Å²) in [4.78, 5) is 23.7. The minimum atomic E-state index is -3.11. The third-order valence-electron chi connectivity index (χ3n) is 3.70. The van der Waals surface area contributed by atoms with Crippen LogP contribution in [0.4, 0.5) is 8.78 Å². The number of hydrogen-bond donors (Lipinski definition) is 2. The molecule has 0 aliphatic rings. The lowest BCUT2D eigenvalue weighted by Crippen LogP contribution is -2.45. The quantitative estimate of drug-likeness (QED) is 0.702. The van der Waals surface area contributed by atoms with Gasteiger partial charge in [-0.05, 0) is 18.1 Å². The van der Waals surface area contributed by atoms with E-state index in [-0.39, 0.29) is 28.7 Å². The molecule has 0 aliphatic heterocycles. The number of rotatable bonds is 9. The smallest absolute Gasteiger partial charge is 0.387 e. The van der Waals surface area contributed by atoms with E-state index in [9.17, 15) is 23.5 Å². The number of carboxylic acid groups (broad SMARTS) is 1. The third kappa shape index (κ3) is 5.20. The van der Waals surface area contributed by atoms with Crippen LogP contribution in [0.15, 0.2) is 12.1 Å². The lowest BCUT2D eigenvalue weighted by atomic mass is 9.99. The zero-order valence-electron chi connectivity index (χ0n) is 14.3. The number of methoxy groups -OCH3 is 2. The standard InChI is InChI=1S/C16H21F2NO6/c1-5-8(2)12(15(21)22)19-14(20)9-6-10(23-3)13(25-16(17)18)11(7-9)24-4/h6-8,12,16H,5H2,1-4H3,(H,19,20)(H,21,22)/t8-,12-/m0/s1. The topological polar surface area (TPSA) is 94.1 Å². The molecule has 0 radical (unpaired) electrons. The van der Waals surface area contributed by atoms with Gasteiger partial charge in [-0.15, -0.1) is 0 Å². The van der Waals surface area contributed by atoms with Crippen molar-refractivity contribution < 1.29 is 37.7 Å². The normalized spacial score (nSPS) is 13.1. The number of ether oxygens (including phenoxy) is 3. The van der Waals surface area contributed by atoms with Crippen LogP contribution < -0.4 is 19.5 Å². The Morgan fingerprint density at radius 3 is 2.08 bits per heavy atom. The molecule has 140 valence electrons. The molecule has 1 amide bonds. The second kappa shape index (κ2) is 9.05. The summed E-state index contributed by atoms with van der Waals surface area (Å²) in [5, 5.41) is 11.7. The lowest BCUT2D eigenvalue weighted by molar-refractivity contribution is -0.140. The van der Waals surface area contributed by atoms with Gasteiger partial charge in [-0.25, -0.2) is 4.79 Å². The van der Waals surface area contributed by atoms with Gasteiger partial charge in [0.25, 0.3) is 5.91 Å². The molecule has 2 atom stereocenters. The van der Waals surface area contributed by atoms with Crippen molar-refractivity contribution in [3.05, 3.63) is 17.7 Å². The second-order valence-corrected chi connectivity index (χ2v) is 5.26. The largest absolute Gasteiger partial charge is 0.493 e. The number of carboxylic acids is 1. The molecule has 2 N–H and O–H groups in total. The zero-order valence-corrected chi connectivity index (χ0v) is 14.3. The Morgan fingerprint density at radius 2 is 1.72 bits per heavy atom. The van der Waals surface area contributed by atoms with Gasteiger partial charge in [0.2, 0.25) is 5.75 Å². The van der Waals surface area contributed by atoms with Crippen LogP contribution in [0.25, 0.3) is 0 Å². The summed E-state index contributed by atoms with van der Waals surface area (Å²) in [5.74, 6) is -2.80. The van der Waals surface area contributed by atoms with E-state index >= 15 is 0 Å². The molecule has 0 aliphatic carbocycles. The van der Waals surface area contributed by atoms with Crippen molar-refractivity contribution >= 4 is 11.9 Å². The summed E-state index contributed by atoms with van der Waals surface area (Å²) in [6.07, 6.45) is 0.547. The number of amides is 1. The molecule has 25 heavy (non-hydrogen) atoms. The minimum Gasteiger partial charge on any atom is -0.493 e. The predicted octanol–water partition coefficient (Wildman–Crippen LogP) is 2.53. The van der Waals surface area contributed by atoms with Gasteiger partial charge in [0.1, 0.15) is 6.04 Å². The summed E-state index contributed by atoms with van der Waals surface area (Å²) in [7, 11) is 2.43. The molecular weight excluding hydrogens is 340 g/mol. The van der Waals surface area contributed by atoms with E-state index in [1.807, 2.05) is 0 Å². The second-order valence-electron chi connectivity index (χ2n) is 5.26. The first kappa shape index (κ1) is 20.5. The molecule has 0 unspecified atom stereocenters. The maximum absolute atomic E-state index is 12.5. The van der Waals surface area contributed by atoms with Gasteiger partial charge in [0.15, 0.2) is 11.5 Å². The molecule has 9 heteroatoms. The van der Waals surface area contributed by atoms with E-state index < -0.39 is 24.5 Å². The molecule has 0 saturated heterocycles. The van der Waals surface area contributed by atoms with Crippen molar-refractivity contribution in [1.82, 2.24) is 5.32 Å². The van der Waals surface area contributed by atoms with Crippen molar-refractivity contribution in [2.45, 2.75) is 32.9 Å². The molecular formula is C16H21F2NO6. The molecule has 0 fully saturated rings. The number of aliphatic carboxylic acids is 1. The number of hydrogen-bond acceptors (Lipinski definition) is 5. The van der Waals surface area contributed by atoms with Gasteiger partial charge in [-0.1, -0.05) is 20.3 Å². The van der Waals surface area contributed by atoms with E-state index in [2.05, 4.69) is 10.1 Å². The Labute approximate surface area is 143 Å². The maximum Gasteiger partial charge on any atom is 0.387 e. The molecule has 0 aromatic heterocycles. The summed E-state index contributed by atoms with van der Waals surface area (Å²) in [5.41, 5.74) is -0.00938. The molecule has 1 aromatic rings.